The van der Waals surface area contributed by atoms with E-state index in [1.165, 1.54) is 7.11 Å². The number of aliphatic hydroxyl groups excluding tert-OH is 1. The average Bonchev–Trinajstić information content (AvgIpc) is 2.68. The fourth-order valence-corrected chi connectivity index (χ4v) is 2.91. The molecule has 2 fully saturated rings. The van der Waals surface area contributed by atoms with E-state index in [0.717, 1.165) is 12.8 Å². The molecule has 15 heavy (non-hydrogen) atoms. The van der Waals surface area contributed by atoms with Crippen molar-refractivity contribution >= 4 is 6.09 Å². The predicted octanol–water partition coefficient (Wildman–Crippen LogP) is -0.214. The van der Waals surface area contributed by atoms with Crippen molar-refractivity contribution in [3.63, 3.8) is 0 Å². The van der Waals surface area contributed by atoms with Gasteiger partial charge in [-0.25, -0.2) is 4.79 Å². The number of hydrogen-bond acceptors (Lipinski definition) is 4. The molecule has 2 unspecified atom stereocenters. The first-order chi connectivity index (χ1) is 7.13. The van der Waals surface area contributed by atoms with Crippen molar-refractivity contribution < 1.29 is 14.6 Å². The number of likely N-dealkylation sites (tertiary alicyclic amines) is 1. The van der Waals surface area contributed by atoms with Gasteiger partial charge in [0.15, 0.2) is 0 Å². The second kappa shape index (κ2) is 3.35. The highest BCUT2D eigenvalue weighted by molar-refractivity contribution is 5.68. The van der Waals surface area contributed by atoms with E-state index in [2.05, 4.69) is 4.74 Å². The number of hydrogen-bond donors (Lipinski definition) is 2. The minimum Gasteiger partial charge on any atom is -0.453 e. The molecule has 0 bridgehead atoms. The van der Waals surface area contributed by atoms with Gasteiger partial charge in [-0.2, -0.15) is 0 Å². The Bertz CT molecular complexity index is 278. The number of carbonyl (C=O) groups excluding carboxylic acids is 1. The number of ether oxygens (including phenoxy) is 1. The van der Waals surface area contributed by atoms with Crippen LogP contribution in [0.15, 0.2) is 0 Å². The summed E-state index contributed by atoms with van der Waals surface area (Å²) in [5.74, 6) is 0. The highest BCUT2D eigenvalue weighted by atomic mass is 16.5. The number of methoxy groups -OCH3 is 1. The monoisotopic (exact) mass is 214 g/mol. The smallest absolute Gasteiger partial charge is 0.409 e. The Morgan fingerprint density at radius 1 is 1.67 bits per heavy atom. The number of amides is 1. The molecule has 0 radical (unpaired) electrons. The predicted molar refractivity (Wildman–Crippen MR) is 54.2 cm³/mol. The average molecular weight is 214 g/mol. The van der Waals surface area contributed by atoms with Crippen LogP contribution in [0.25, 0.3) is 0 Å². The molecule has 5 nitrogen and oxygen atoms in total. The highest BCUT2D eigenvalue weighted by Gasteiger charge is 2.68. The van der Waals surface area contributed by atoms with Crippen LogP contribution in [0.5, 0.6) is 0 Å². The van der Waals surface area contributed by atoms with Gasteiger partial charge in [0.2, 0.25) is 0 Å². The number of nitrogens with zero attached hydrogens (tertiary/aromatic N) is 1. The summed E-state index contributed by atoms with van der Waals surface area (Å²) in [5, 5.41) is 9.35. The van der Waals surface area contributed by atoms with E-state index in [1.54, 1.807) is 4.90 Å². The number of carbonyl (C=O) groups is 1. The van der Waals surface area contributed by atoms with E-state index in [9.17, 15) is 9.90 Å². The summed E-state index contributed by atoms with van der Waals surface area (Å²) < 4.78 is 4.68. The van der Waals surface area contributed by atoms with Crippen LogP contribution in [0.2, 0.25) is 0 Å². The quantitative estimate of drug-likeness (QED) is 0.666. The van der Waals surface area contributed by atoms with Crippen molar-refractivity contribution in [1.82, 2.24) is 4.90 Å². The van der Waals surface area contributed by atoms with Crippen molar-refractivity contribution in [2.45, 2.75) is 12.8 Å². The van der Waals surface area contributed by atoms with Crippen molar-refractivity contribution in [3.8, 4) is 0 Å². The lowest BCUT2D eigenvalue weighted by Crippen LogP contribution is -2.32. The van der Waals surface area contributed by atoms with Crippen LogP contribution in [0.3, 0.4) is 0 Å². The van der Waals surface area contributed by atoms with Crippen LogP contribution >= 0.6 is 0 Å². The molecule has 1 heterocycles. The SMILES string of the molecule is COC(=O)N1CCC2(C1)CC2(CN)CO. The number of nitrogens with two attached hydrogens (primary N) is 1. The Kier molecular flexibility index (Phi) is 2.39. The van der Waals surface area contributed by atoms with Gasteiger partial charge in [0.05, 0.1) is 13.7 Å². The molecular weight excluding hydrogens is 196 g/mol. The molecule has 2 rings (SSSR count). The fourth-order valence-electron chi connectivity index (χ4n) is 2.91. The second-order valence-electron chi connectivity index (χ2n) is 4.74. The normalized spacial score (nSPS) is 38.5. The Morgan fingerprint density at radius 2 is 2.40 bits per heavy atom. The third-order valence-electron chi connectivity index (χ3n) is 4.16. The Labute approximate surface area is 89.2 Å². The maximum Gasteiger partial charge on any atom is 0.409 e. The van der Waals surface area contributed by atoms with Gasteiger partial charge in [0, 0.05) is 25.0 Å². The van der Waals surface area contributed by atoms with E-state index in [4.69, 9.17) is 5.73 Å². The fraction of sp³-hybridized carbons (Fsp3) is 0.900. The summed E-state index contributed by atoms with van der Waals surface area (Å²) in [5.41, 5.74) is 5.61. The van der Waals surface area contributed by atoms with E-state index in [0.29, 0.717) is 19.6 Å². The molecule has 2 aliphatic rings. The van der Waals surface area contributed by atoms with Gasteiger partial charge in [0.25, 0.3) is 0 Å². The zero-order valence-corrected chi connectivity index (χ0v) is 9.03. The van der Waals surface area contributed by atoms with Crippen LogP contribution in [0, 0.1) is 10.8 Å². The second-order valence-corrected chi connectivity index (χ2v) is 4.74. The van der Waals surface area contributed by atoms with Gasteiger partial charge in [-0.15, -0.1) is 0 Å². The third-order valence-corrected chi connectivity index (χ3v) is 4.16. The van der Waals surface area contributed by atoms with Crippen molar-refractivity contribution in [1.29, 1.82) is 0 Å². The molecule has 0 aromatic heterocycles. The van der Waals surface area contributed by atoms with Crippen molar-refractivity contribution in [2.75, 3.05) is 33.4 Å². The molecule has 2 atom stereocenters. The molecular formula is C10H18N2O3. The lowest BCUT2D eigenvalue weighted by Gasteiger charge is -2.19. The van der Waals surface area contributed by atoms with E-state index in [1.807, 2.05) is 0 Å². The van der Waals surface area contributed by atoms with Crippen molar-refractivity contribution in [3.05, 3.63) is 0 Å². The van der Waals surface area contributed by atoms with Crippen LogP contribution in [-0.2, 0) is 4.74 Å². The van der Waals surface area contributed by atoms with Crippen molar-refractivity contribution in [2.24, 2.45) is 16.6 Å². The molecule has 1 spiro atoms. The molecule has 1 aliphatic carbocycles. The van der Waals surface area contributed by atoms with Crippen LogP contribution in [0.1, 0.15) is 12.8 Å². The molecule has 1 saturated heterocycles. The van der Waals surface area contributed by atoms with Crippen LogP contribution in [0.4, 0.5) is 4.79 Å². The maximum absolute atomic E-state index is 11.3. The standard InChI is InChI=1S/C10H18N2O3/c1-15-8(14)12-3-2-9(6-12)4-10(9,5-11)7-13/h13H,2-7,11H2,1H3. The van der Waals surface area contributed by atoms with Gasteiger partial charge in [-0.05, 0) is 18.3 Å². The molecule has 3 N–H and O–H groups in total. The summed E-state index contributed by atoms with van der Waals surface area (Å²) in [7, 11) is 1.39. The Hall–Kier alpha value is -0.810. The lowest BCUT2D eigenvalue weighted by atomic mass is 9.92. The van der Waals surface area contributed by atoms with Gasteiger partial charge < -0.3 is 20.5 Å². The van der Waals surface area contributed by atoms with Crippen LogP contribution in [-0.4, -0.2) is 49.5 Å². The van der Waals surface area contributed by atoms with E-state index >= 15 is 0 Å². The Balaban J connectivity index is 2.02. The van der Waals surface area contributed by atoms with E-state index < -0.39 is 0 Å². The van der Waals surface area contributed by atoms with Gasteiger partial charge in [-0.3, -0.25) is 0 Å². The minimum atomic E-state index is -0.275. The maximum atomic E-state index is 11.3. The molecule has 0 aromatic rings. The number of aliphatic hydroxyl groups is 1. The first-order valence-electron chi connectivity index (χ1n) is 5.27. The Morgan fingerprint density at radius 3 is 2.87 bits per heavy atom. The zero-order chi connectivity index (χ0) is 11.1. The number of rotatable bonds is 2. The zero-order valence-electron chi connectivity index (χ0n) is 9.03. The molecule has 1 aliphatic heterocycles. The topological polar surface area (TPSA) is 75.8 Å². The molecule has 0 aromatic carbocycles. The molecule has 1 saturated carbocycles. The molecule has 5 heteroatoms. The lowest BCUT2D eigenvalue weighted by molar-refractivity contribution is 0.126. The largest absolute Gasteiger partial charge is 0.453 e. The van der Waals surface area contributed by atoms with E-state index in [-0.39, 0.29) is 23.5 Å². The summed E-state index contributed by atoms with van der Waals surface area (Å²) in [4.78, 5) is 13.0. The first-order valence-corrected chi connectivity index (χ1v) is 5.27. The summed E-state index contributed by atoms with van der Waals surface area (Å²) in [6, 6.07) is 0. The van der Waals surface area contributed by atoms with Gasteiger partial charge >= 0.3 is 6.09 Å². The van der Waals surface area contributed by atoms with Gasteiger partial charge in [-0.1, -0.05) is 0 Å². The molecule has 86 valence electrons. The van der Waals surface area contributed by atoms with Gasteiger partial charge in [0.1, 0.15) is 0 Å². The molecule has 1 amide bonds. The summed E-state index contributed by atoms with van der Waals surface area (Å²) >= 11 is 0. The minimum absolute atomic E-state index is 0.0602. The first kappa shape index (κ1) is 10.7. The van der Waals surface area contributed by atoms with Crippen LogP contribution < -0.4 is 5.73 Å². The summed E-state index contributed by atoms with van der Waals surface area (Å²) in [6.07, 6.45) is 1.59. The summed E-state index contributed by atoms with van der Waals surface area (Å²) in [6.45, 7) is 2.02. The highest BCUT2D eigenvalue weighted by Crippen LogP contribution is 2.67. The third kappa shape index (κ3) is 1.33.